The average Bonchev–Trinajstić information content (AvgIpc) is 3.02. The molecule has 0 aromatic rings. The molecule has 2 heteroatoms. The molecular formula is C15H30BN. The fraction of sp³-hybridized carbons (Fsp3) is 1.00. The highest BCUT2D eigenvalue weighted by molar-refractivity contribution is 5.75. The first kappa shape index (κ1) is 13.5. The predicted octanol–water partition coefficient (Wildman–Crippen LogP) is 2.93. The zero-order chi connectivity index (χ0) is 10.8. The molecule has 0 aromatic heterocycles. The van der Waals surface area contributed by atoms with E-state index in [1.807, 2.05) is 0 Å². The van der Waals surface area contributed by atoms with Crippen molar-refractivity contribution in [3.63, 3.8) is 0 Å². The van der Waals surface area contributed by atoms with E-state index in [-0.39, 0.29) is 8.41 Å². The summed E-state index contributed by atoms with van der Waals surface area (Å²) in [5.74, 6) is 0. The van der Waals surface area contributed by atoms with Gasteiger partial charge < -0.3 is 0 Å². The molecule has 0 bridgehead atoms. The first-order valence-corrected chi connectivity index (χ1v) is 7.72. The molecule has 17 heavy (non-hydrogen) atoms. The largest absolute Gasteiger partial charge is 0.294 e. The van der Waals surface area contributed by atoms with Gasteiger partial charge >= 0.3 is 0 Å². The van der Waals surface area contributed by atoms with Crippen LogP contribution in [-0.2, 0) is 0 Å². The summed E-state index contributed by atoms with van der Waals surface area (Å²) in [4.78, 5) is 3.02. The lowest BCUT2D eigenvalue weighted by Gasteiger charge is -2.39. The van der Waals surface area contributed by atoms with Gasteiger partial charge in [0.15, 0.2) is 0 Å². The highest BCUT2D eigenvalue weighted by Crippen LogP contribution is 2.37. The fourth-order valence-corrected chi connectivity index (χ4v) is 4.50. The van der Waals surface area contributed by atoms with Crippen molar-refractivity contribution in [2.45, 2.75) is 95.2 Å². The second kappa shape index (κ2) is 6.27. The highest BCUT2D eigenvalue weighted by atomic mass is 15.2. The van der Waals surface area contributed by atoms with Gasteiger partial charge in [-0.2, -0.15) is 0 Å². The zero-order valence-corrected chi connectivity index (χ0v) is 10.7. The van der Waals surface area contributed by atoms with Crippen LogP contribution in [0.25, 0.3) is 0 Å². The Morgan fingerprint density at radius 3 is 0.941 bits per heavy atom. The van der Waals surface area contributed by atoms with Gasteiger partial charge in [0.1, 0.15) is 0 Å². The maximum absolute atomic E-state index is 3.02. The Morgan fingerprint density at radius 2 is 0.706 bits per heavy atom. The van der Waals surface area contributed by atoms with E-state index in [0.717, 1.165) is 18.1 Å². The summed E-state index contributed by atoms with van der Waals surface area (Å²) in [6, 6.07) is 2.93. The fourth-order valence-electron chi connectivity index (χ4n) is 4.50. The van der Waals surface area contributed by atoms with E-state index in [2.05, 4.69) is 4.90 Å². The van der Waals surface area contributed by atoms with Gasteiger partial charge in [-0.05, 0) is 38.5 Å². The van der Waals surface area contributed by atoms with Gasteiger partial charge in [0.25, 0.3) is 0 Å². The summed E-state index contributed by atoms with van der Waals surface area (Å²) in [7, 11) is 0. The minimum atomic E-state index is 0. The van der Waals surface area contributed by atoms with Crippen molar-refractivity contribution in [2.24, 2.45) is 0 Å². The van der Waals surface area contributed by atoms with Crippen molar-refractivity contribution in [3.8, 4) is 0 Å². The van der Waals surface area contributed by atoms with E-state index in [1.54, 1.807) is 0 Å². The second-order valence-electron chi connectivity index (χ2n) is 6.26. The molecular weight excluding hydrogens is 205 g/mol. The van der Waals surface area contributed by atoms with Gasteiger partial charge in [-0.3, -0.25) is 4.90 Å². The molecule has 0 N–H and O–H groups in total. The Balaban J connectivity index is 0.00000108. The molecule has 0 saturated heterocycles. The zero-order valence-electron chi connectivity index (χ0n) is 10.7. The molecule has 0 heterocycles. The van der Waals surface area contributed by atoms with Crippen LogP contribution in [-0.4, -0.2) is 31.4 Å². The van der Waals surface area contributed by atoms with Crippen LogP contribution in [0.5, 0.6) is 0 Å². The van der Waals surface area contributed by atoms with Crippen LogP contribution in [0.3, 0.4) is 0 Å². The summed E-state index contributed by atoms with van der Waals surface area (Å²) < 4.78 is 0. The first-order chi connectivity index (χ1) is 7.95. The topological polar surface area (TPSA) is 3.24 Å². The molecule has 0 aromatic carbocycles. The monoisotopic (exact) mass is 235 g/mol. The molecule has 0 atom stereocenters. The Hall–Kier alpha value is 0.0249. The number of hydrogen-bond donors (Lipinski definition) is 0. The minimum absolute atomic E-state index is 0. The Bertz CT molecular complexity index is 175. The van der Waals surface area contributed by atoms with Crippen LogP contribution < -0.4 is 0 Å². The molecule has 3 fully saturated rings. The third-order valence-electron chi connectivity index (χ3n) is 5.24. The van der Waals surface area contributed by atoms with Crippen molar-refractivity contribution in [1.29, 1.82) is 0 Å². The molecule has 3 saturated carbocycles. The van der Waals surface area contributed by atoms with Crippen LogP contribution in [0.1, 0.15) is 77.0 Å². The molecule has 0 amide bonds. The van der Waals surface area contributed by atoms with E-state index in [0.29, 0.717) is 0 Å². The van der Waals surface area contributed by atoms with Crippen molar-refractivity contribution >= 4 is 8.41 Å². The van der Waals surface area contributed by atoms with Gasteiger partial charge in [0, 0.05) is 18.1 Å². The number of hydrogen-bond acceptors (Lipinski definition) is 1. The van der Waals surface area contributed by atoms with E-state index in [9.17, 15) is 0 Å². The summed E-state index contributed by atoms with van der Waals surface area (Å²) >= 11 is 0. The van der Waals surface area contributed by atoms with Gasteiger partial charge in [0.05, 0.1) is 8.41 Å². The normalized spacial score (nSPS) is 28.1. The van der Waals surface area contributed by atoms with Gasteiger partial charge in [0.2, 0.25) is 0 Å². The molecule has 3 aliphatic carbocycles. The smallest absolute Gasteiger partial charge is 0.0814 e. The number of nitrogens with zero attached hydrogens (tertiary/aromatic N) is 1. The van der Waals surface area contributed by atoms with Gasteiger partial charge in [-0.25, -0.2) is 0 Å². The third-order valence-corrected chi connectivity index (χ3v) is 5.24. The lowest BCUT2D eigenvalue weighted by Crippen LogP contribution is -2.46. The van der Waals surface area contributed by atoms with Crippen LogP contribution in [0.15, 0.2) is 0 Å². The molecule has 98 valence electrons. The third kappa shape index (κ3) is 2.89. The van der Waals surface area contributed by atoms with Crippen LogP contribution >= 0.6 is 0 Å². The van der Waals surface area contributed by atoms with Gasteiger partial charge in [-0.1, -0.05) is 38.5 Å². The van der Waals surface area contributed by atoms with Crippen molar-refractivity contribution in [1.82, 2.24) is 4.90 Å². The molecule has 0 unspecified atom stereocenters. The summed E-state index contributed by atoms with van der Waals surface area (Å²) in [5, 5.41) is 0. The van der Waals surface area contributed by atoms with Crippen molar-refractivity contribution in [2.75, 3.05) is 0 Å². The van der Waals surface area contributed by atoms with Crippen LogP contribution in [0.2, 0.25) is 0 Å². The Labute approximate surface area is 109 Å². The Kier molecular flexibility index (Phi) is 4.96. The van der Waals surface area contributed by atoms with Crippen LogP contribution in [0, 0.1) is 0 Å². The van der Waals surface area contributed by atoms with Crippen LogP contribution in [0.4, 0.5) is 0 Å². The lowest BCUT2D eigenvalue weighted by molar-refractivity contribution is 0.0841. The number of rotatable bonds is 3. The predicted molar refractivity (Wildman–Crippen MR) is 78.5 cm³/mol. The SMILES string of the molecule is B.C1CCC(N(C2CCCC2)C2CCCC2)C1. The van der Waals surface area contributed by atoms with E-state index in [1.165, 1.54) is 77.0 Å². The maximum atomic E-state index is 3.02. The van der Waals surface area contributed by atoms with E-state index >= 15 is 0 Å². The van der Waals surface area contributed by atoms with Crippen molar-refractivity contribution in [3.05, 3.63) is 0 Å². The summed E-state index contributed by atoms with van der Waals surface area (Å²) in [6.45, 7) is 0. The van der Waals surface area contributed by atoms with Crippen molar-refractivity contribution < 1.29 is 0 Å². The molecule has 3 rings (SSSR count). The maximum Gasteiger partial charge on any atom is 0.0814 e. The lowest BCUT2D eigenvalue weighted by atomic mass is 10.0. The van der Waals surface area contributed by atoms with Gasteiger partial charge in [-0.15, -0.1) is 0 Å². The summed E-state index contributed by atoms with van der Waals surface area (Å²) in [6.07, 6.45) is 18.0. The molecule has 0 aliphatic heterocycles. The average molecular weight is 235 g/mol. The summed E-state index contributed by atoms with van der Waals surface area (Å²) in [5.41, 5.74) is 0. The highest BCUT2D eigenvalue weighted by Gasteiger charge is 2.36. The van der Waals surface area contributed by atoms with E-state index in [4.69, 9.17) is 0 Å². The molecule has 0 radical (unpaired) electrons. The minimum Gasteiger partial charge on any atom is -0.294 e. The Morgan fingerprint density at radius 1 is 0.471 bits per heavy atom. The molecule has 1 nitrogen and oxygen atoms in total. The molecule has 3 aliphatic rings. The molecule has 0 spiro atoms. The quantitative estimate of drug-likeness (QED) is 0.680. The second-order valence-corrected chi connectivity index (χ2v) is 6.26. The first-order valence-electron chi connectivity index (χ1n) is 7.72. The standard InChI is InChI=1S/C15H27N.BH3/c1-2-8-13(7-1)16(14-9-3-4-10-14)15-11-5-6-12-15;/h13-15H,1-12H2;1H3. The van der Waals surface area contributed by atoms with E-state index < -0.39 is 0 Å².